The van der Waals surface area contributed by atoms with Gasteiger partial charge in [-0.3, -0.25) is 4.79 Å². The zero-order valence-electron chi connectivity index (χ0n) is 10.2. The average Bonchev–Trinajstić information content (AvgIpc) is 2.52. The SMILES string of the molecule is CS(=O)(=O)N1CCC(=O)N(c2ccccc2)CC1. The van der Waals surface area contributed by atoms with E-state index in [1.165, 1.54) is 10.6 Å². The van der Waals surface area contributed by atoms with Gasteiger partial charge in [0.2, 0.25) is 15.9 Å². The fourth-order valence-corrected chi connectivity index (χ4v) is 2.85. The maximum atomic E-state index is 12.0. The molecule has 0 saturated carbocycles. The molecule has 1 aromatic rings. The first-order valence-electron chi connectivity index (χ1n) is 5.79. The number of para-hydroxylation sites is 1. The fraction of sp³-hybridized carbons (Fsp3) is 0.417. The van der Waals surface area contributed by atoms with Crippen molar-refractivity contribution in [2.45, 2.75) is 6.42 Å². The Morgan fingerprint density at radius 3 is 2.33 bits per heavy atom. The second-order valence-electron chi connectivity index (χ2n) is 4.29. The minimum Gasteiger partial charge on any atom is -0.311 e. The molecule has 0 aliphatic carbocycles. The van der Waals surface area contributed by atoms with Crippen molar-refractivity contribution in [3.8, 4) is 0 Å². The molecule has 1 heterocycles. The lowest BCUT2D eigenvalue weighted by atomic mass is 10.2. The van der Waals surface area contributed by atoms with Crippen LogP contribution in [0.15, 0.2) is 30.3 Å². The number of hydrogen-bond acceptors (Lipinski definition) is 3. The summed E-state index contributed by atoms with van der Waals surface area (Å²) in [5.41, 5.74) is 0.817. The van der Waals surface area contributed by atoms with Gasteiger partial charge in [0.15, 0.2) is 0 Å². The van der Waals surface area contributed by atoms with Crippen LogP contribution in [0.25, 0.3) is 0 Å². The maximum absolute atomic E-state index is 12.0. The molecule has 1 aliphatic heterocycles. The van der Waals surface area contributed by atoms with Crippen molar-refractivity contribution in [1.82, 2.24) is 4.31 Å². The number of anilines is 1. The average molecular weight is 268 g/mol. The Morgan fingerprint density at radius 2 is 1.72 bits per heavy atom. The van der Waals surface area contributed by atoms with Gasteiger partial charge in [-0.05, 0) is 12.1 Å². The van der Waals surface area contributed by atoms with Crippen LogP contribution in [0.5, 0.6) is 0 Å². The summed E-state index contributed by atoms with van der Waals surface area (Å²) in [6.45, 7) is 1.01. The molecule has 1 saturated heterocycles. The molecule has 1 fully saturated rings. The third-order valence-electron chi connectivity index (χ3n) is 2.99. The van der Waals surface area contributed by atoms with Gasteiger partial charge in [-0.2, -0.15) is 4.31 Å². The highest BCUT2D eigenvalue weighted by atomic mass is 32.2. The summed E-state index contributed by atoms with van der Waals surface area (Å²) in [6, 6.07) is 9.32. The van der Waals surface area contributed by atoms with E-state index in [4.69, 9.17) is 0 Å². The van der Waals surface area contributed by atoms with E-state index in [0.717, 1.165) is 5.69 Å². The monoisotopic (exact) mass is 268 g/mol. The van der Waals surface area contributed by atoms with Gasteiger partial charge in [0.05, 0.1) is 6.26 Å². The summed E-state index contributed by atoms with van der Waals surface area (Å²) in [5, 5.41) is 0. The van der Waals surface area contributed by atoms with Gasteiger partial charge in [0.1, 0.15) is 0 Å². The zero-order chi connectivity index (χ0) is 13.2. The summed E-state index contributed by atoms with van der Waals surface area (Å²) >= 11 is 0. The number of carbonyl (C=O) groups is 1. The highest BCUT2D eigenvalue weighted by Gasteiger charge is 2.26. The van der Waals surface area contributed by atoms with E-state index in [0.29, 0.717) is 13.1 Å². The summed E-state index contributed by atoms with van der Waals surface area (Å²) < 4.78 is 24.3. The molecule has 0 aromatic heterocycles. The zero-order valence-corrected chi connectivity index (χ0v) is 11.1. The molecule has 0 bridgehead atoms. The number of hydrogen-bond donors (Lipinski definition) is 0. The Labute approximate surface area is 107 Å². The predicted molar refractivity (Wildman–Crippen MR) is 69.8 cm³/mol. The lowest BCUT2D eigenvalue weighted by Crippen LogP contribution is -2.35. The molecule has 0 atom stereocenters. The summed E-state index contributed by atoms with van der Waals surface area (Å²) in [6.07, 6.45) is 1.40. The van der Waals surface area contributed by atoms with Gasteiger partial charge in [0, 0.05) is 31.7 Å². The van der Waals surface area contributed by atoms with Crippen LogP contribution in [-0.4, -0.2) is 44.5 Å². The van der Waals surface area contributed by atoms with Crippen molar-refractivity contribution < 1.29 is 13.2 Å². The topological polar surface area (TPSA) is 57.7 Å². The van der Waals surface area contributed by atoms with Crippen molar-refractivity contribution in [2.75, 3.05) is 30.8 Å². The number of sulfonamides is 1. The van der Waals surface area contributed by atoms with Crippen LogP contribution in [0.3, 0.4) is 0 Å². The molecule has 0 spiro atoms. The van der Waals surface area contributed by atoms with Crippen LogP contribution in [0.4, 0.5) is 5.69 Å². The Kier molecular flexibility index (Phi) is 3.68. The number of rotatable bonds is 2. The summed E-state index contributed by atoms with van der Waals surface area (Å²) in [7, 11) is -3.22. The van der Waals surface area contributed by atoms with Crippen molar-refractivity contribution in [1.29, 1.82) is 0 Å². The molecule has 2 rings (SSSR count). The van der Waals surface area contributed by atoms with E-state index in [9.17, 15) is 13.2 Å². The van der Waals surface area contributed by atoms with Gasteiger partial charge in [-0.25, -0.2) is 8.42 Å². The largest absolute Gasteiger partial charge is 0.311 e. The normalized spacial score (nSPS) is 18.7. The molecule has 5 nitrogen and oxygen atoms in total. The van der Waals surface area contributed by atoms with E-state index in [-0.39, 0.29) is 18.9 Å². The molecule has 1 amide bonds. The Hall–Kier alpha value is -1.40. The van der Waals surface area contributed by atoms with E-state index in [1.807, 2.05) is 30.3 Å². The van der Waals surface area contributed by atoms with Gasteiger partial charge >= 0.3 is 0 Å². The highest BCUT2D eigenvalue weighted by molar-refractivity contribution is 7.88. The van der Waals surface area contributed by atoms with Crippen LogP contribution in [0.1, 0.15) is 6.42 Å². The Morgan fingerprint density at radius 1 is 1.06 bits per heavy atom. The van der Waals surface area contributed by atoms with Gasteiger partial charge in [0.25, 0.3) is 0 Å². The number of carbonyl (C=O) groups excluding carboxylic acids is 1. The first-order valence-corrected chi connectivity index (χ1v) is 7.64. The van der Waals surface area contributed by atoms with Crippen LogP contribution in [0, 0.1) is 0 Å². The second kappa shape index (κ2) is 5.07. The van der Waals surface area contributed by atoms with Gasteiger partial charge in [-0.1, -0.05) is 18.2 Å². The molecule has 1 aromatic carbocycles. The minimum absolute atomic E-state index is 0.0349. The first-order chi connectivity index (χ1) is 8.48. The van der Waals surface area contributed by atoms with E-state index in [2.05, 4.69) is 0 Å². The molecular formula is C12H16N2O3S. The summed E-state index contributed by atoms with van der Waals surface area (Å²) in [4.78, 5) is 13.6. The quantitative estimate of drug-likeness (QED) is 0.792. The highest BCUT2D eigenvalue weighted by Crippen LogP contribution is 2.17. The van der Waals surface area contributed by atoms with E-state index >= 15 is 0 Å². The molecular weight excluding hydrogens is 252 g/mol. The van der Waals surface area contributed by atoms with Crippen molar-refractivity contribution in [3.05, 3.63) is 30.3 Å². The van der Waals surface area contributed by atoms with Crippen molar-refractivity contribution in [3.63, 3.8) is 0 Å². The summed E-state index contributed by atoms with van der Waals surface area (Å²) in [5.74, 6) is -0.0349. The first kappa shape index (κ1) is 13.0. The van der Waals surface area contributed by atoms with Crippen molar-refractivity contribution in [2.24, 2.45) is 0 Å². The van der Waals surface area contributed by atoms with E-state index < -0.39 is 10.0 Å². The number of nitrogens with zero attached hydrogens (tertiary/aromatic N) is 2. The predicted octanol–water partition coefficient (Wildman–Crippen LogP) is 0.685. The minimum atomic E-state index is -3.22. The van der Waals surface area contributed by atoms with Crippen LogP contribution >= 0.6 is 0 Å². The maximum Gasteiger partial charge on any atom is 0.228 e. The van der Waals surface area contributed by atoms with Crippen molar-refractivity contribution >= 4 is 21.6 Å². The standard InChI is InChI=1S/C12H16N2O3S/c1-18(16,17)13-8-7-12(15)14(10-9-13)11-5-3-2-4-6-11/h2-6H,7-10H2,1H3. The van der Waals surface area contributed by atoms with Crippen LogP contribution < -0.4 is 4.90 Å². The molecule has 1 aliphatic rings. The number of benzene rings is 1. The third kappa shape index (κ3) is 2.88. The number of amides is 1. The molecule has 0 radical (unpaired) electrons. The molecule has 98 valence electrons. The molecule has 0 unspecified atom stereocenters. The Balaban J connectivity index is 2.18. The smallest absolute Gasteiger partial charge is 0.228 e. The lowest BCUT2D eigenvalue weighted by molar-refractivity contribution is -0.118. The molecule has 6 heteroatoms. The fourth-order valence-electron chi connectivity index (χ4n) is 2.02. The third-order valence-corrected chi connectivity index (χ3v) is 4.29. The van der Waals surface area contributed by atoms with Gasteiger partial charge < -0.3 is 4.90 Å². The van der Waals surface area contributed by atoms with Crippen LogP contribution in [0.2, 0.25) is 0 Å². The molecule has 18 heavy (non-hydrogen) atoms. The Bertz CT molecular complexity index is 528. The lowest BCUT2D eigenvalue weighted by Gasteiger charge is -2.21. The van der Waals surface area contributed by atoms with E-state index in [1.54, 1.807) is 4.90 Å². The second-order valence-corrected chi connectivity index (χ2v) is 6.28. The van der Waals surface area contributed by atoms with Crippen LogP contribution in [-0.2, 0) is 14.8 Å². The molecule has 0 N–H and O–H groups in total. The van der Waals surface area contributed by atoms with Gasteiger partial charge in [-0.15, -0.1) is 0 Å².